The fraction of sp³-hybridized carbons (Fsp3) is 0.733. The van der Waals surface area contributed by atoms with Gasteiger partial charge in [-0.1, -0.05) is 0 Å². The van der Waals surface area contributed by atoms with Crippen LogP contribution in [0.25, 0.3) is 0 Å². The van der Waals surface area contributed by atoms with Crippen LogP contribution in [0.2, 0.25) is 0 Å². The number of carbonyl (C=O) groups is 4. The first-order chi connectivity index (χ1) is 11.5. The van der Waals surface area contributed by atoms with Gasteiger partial charge in [-0.25, -0.2) is 0 Å². The molecule has 0 aromatic rings. The number of hydrogen-bond acceptors (Lipinski definition) is 10. The van der Waals surface area contributed by atoms with Crippen LogP contribution in [0.15, 0.2) is 0 Å². The van der Waals surface area contributed by atoms with E-state index in [0.717, 1.165) is 27.7 Å². The average Bonchev–Trinajstić information content (AvgIpc) is 2.68. The molecule has 1 fully saturated rings. The van der Waals surface area contributed by atoms with E-state index in [1.54, 1.807) is 0 Å². The fourth-order valence-corrected chi connectivity index (χ4v) is 2.91. The second-order valence-corrected chi connectivity index (χ2v) is 5.68. The molecule has 1 aliphatic rings. The largest absolute Gasteiger partial charge is 0.465 e. The summed E-state index contributed by atoms with van der Waals surface area (Å²) in [5.74, 6) is -5.12. The molecule has 0 aliphatic heterocycles. The number of aliphatic hydroxyl groups excluding tert-OH is 1. The van der Waals surface area contributed by atoms with Gasteiger partial charge >= 0.3 is 23.9 Å². The normalized spacial score (nSPS) is 28.4. The highest BCUT2D eigenvalue weighted by Gasteiger charge is 2.58. The van der Waals surface area contributed by atoms with Crippen molar-refractivity contribution in [3.8, 4) is 0 Å². The van der Waals surface area contributed by atoms with Crippen molar-refractivity contribution in [2.24, 2.45) is 11.8 Å². The Morgan fingerprint density at radius 2 is 1.20 bits per heavy atom. The topological polar surface area (TPSA) is 146 Å². The zero-order chi connectivity index (χ0) is 19.3. The standard InChI is InChI=1S/C15H22O10/c1-6(16)22-5-10-12(23-7(2)17)11(15(20)21)14(25-9(4)19)13(10)24-8(3)18/h10-15,20-21H,5H2,1-4H3. The van der Waals surface area contributed by atoms with Gasteiger partial charge in [0.2, 0.25) is 0 Å². The summed E-state index contributed by atoms with van der Waals surface area (Å²) in [7, 11) is 0. The SMILES string of the molecule is CC(=O)OCC1C(OC(C)=O)C(OC(C)=O)C(C(O)O)C1OC(C)=O. The van der Waals surface area contributed by atoms with Crippen LogP contribution in [0, 0.1) is 11.8 Å². The summed E-state index contributed by atoms with van der Waals surface area (Å²) >= 11 is 0. The number of ether oxygens (including phenoxy) is 4. The monoisotopic (exact) mass is 362 g/mol. The molecule has 0 saturated heterocycles. The van der Waals surface area contributed by atoms with Crippen molar-refractivity contribution < 1.29 is 48.3 Å². The lowest BCUT2D eigenvalue weighted by Gasteiger charge is -2.26. The molecule has 0 heterocycles. The maximum absolute atomic E-state index is 11.4. The summed E-state index contributed by atoms with van der Waals surface area (Å²) in [5.41, 5.74) is 0. The number of hydrogen-bond donors (Lipinski definition) is 2. The van der Waals surface area contributed by atoms with Crippen LogP contribution in [-0.4, -0.2) is 65.3 Å². The molecule has 1 aliphatic carbocycles. The minimum absolute atomic E-state index is 0.341. The third-order valence-corrected chi connectivity index (χ3v) is 3.66. The molecule has 10 nitrogen and oxygen atoms in total. The number of esters is 4. The Balaban J connectivity index is 3.28. The molecule has 0 radical (unpaired) electrons. The molecule has 5 atom stereocenters. The van der Waals surface area contributed by atoms with Gasteiger partial charge in [0.25, 0.3) is 0 Å². The van der Waals surface area contributed by atoms with Crippen molar-refractivity contribution >= 4 is 23.9 Å². The quantitative estimate of drug-likeness (QED) is 0.339. The van der Waals surface area contributed by atoms with E-state index < -0.39 is 60.3 Å². The molecule has 0 spiro atoms. The molecule has 25 heavy (non-hydrogen) atoms. The van der Waals surface area contributed by atoms with Crippen molar-refractivity contribution in [3.05, 3.63) is 0 Å². The molecule has 0 amide bonds. The van der Waals surface area contributed by atoms with Gasteiger partial charge in [0, 0.05) is 27.7 Å². The molecule has 10 heteroatoms. The highest BCUT2D eigenvalue weighted by atomic mass is 16.6. The average molecular weight is 362 g/mol. The van der Waals surface area contributed by atoms with E-state index in [4.69, 9.17) is 18.9 Å². The van der Waals surface area contributed by atoms with E-state index in [2.05, 4.69) is 0 Å². The van der Waals surface area contributed by atoms with Gasteiger partial charge in [-0.15, -0.1) is 0 Å². The first-order valence-electron chi connectivity index (χ1n) is 7.55. The lowest BCUT2D eigenvalue weighted by molar-refractivity contribution is -0.184. The van der Waals surface area contributed by atoms with Crippen molar-refractivity contribution in [1.29, 1.82) is 0 Å². The van der Waals surface area contributed by atoms with Crippen LogP contribution in [0.3, 0.4) is 0 Å². The molecule has 2 N–H and O–H groups in total. The highest BCUT2D eigenvalue weighted by Crippen LogP contribution is 2.40. The predicted molar refractivity (Wildman–Crippen MR) is 78.5 cm³/mol. The van der Waals surface area contributed by atoms with Crippen molar-refractivity contribution in [1.82, 2.24) is 0 Å². The molecule has 0 bridgehead atoms. The van der Waals surface area contributed by atoms with E-state index in [9.17, 15) is 29.4 Å². The zero-order valence-electron chi connectivity index (χ0n) is 14.3. The Bertz CT molecular complexity index is 528. The smallest absolute Gasteiger partial charge is 0.303 e. The lowest BCUT2D eigenvalue weighted by atomic mass is 9.99. The number of aliphatic hydroxyl groups is 2. The highest BCUT2D eigenvalue weighted by molar-refractivity contribution is 5.68. The van der Waals surface area contributed by atoms with E-state index >= 15 is 0 Å². The Morgan fingerprint density at radius 3 is 1.60 bits per heavy atom. The summed E-state index contributed by atoms with van der Waals surface area (Å²) < 4.78 is 20.2. The third-order valence-electron chi connectivity index (χ3n) is 3.66. The van der Waals surface area contributed by atoms with Gasteiger partial charge in [0.15, 0.2) is 12.4 Å². The maximum atomic E-state index is 11.4. The summed E-state index contributed by atoms with van der Waals surface area (Å²) in [6.07, 6.45) is -5.76. The van der Waals surface area contributed by atoms with E-state index in [1.165, 1.54) is 0 Å². The zero-order valence-corrected chi connectivity index (χ0v) is 14.3. The van der Waals surface area contributed by atoms with Gasteiger partial charge in [0.1, 0.15) is 18.8 Å². The Morgan fingerprint density at radius 1 is 0.760 bits per heavy atom. The van der Waals surface area contributed by atoms with Gasteiger partial charge < -0.3 is 29.2 Å². The van der Waals surface area contributed by atoms with Crippen LogP contribution >= 0.6 is 0 Å². The molecule has 5 unspecified atom stereocenters. The Labute approximate surface area is 144 Å². The van der Waals surface area contributed by atoms with Crippen LogP contribution in [0.4, 0.5) is 0 Å². The molecule has 0 aromatic heterocycles. The predicted octanol–water partition coefficient (Wildman–Crippen LogP) is -1.10. The third kappa shape index (κ3) is 5.68. The lowest BCUT2D eigenvalue weighted by Crippen LogP contribution is -2.41. The molecule has 1 saturated carbocycles. The van der Waals surface area contributed by atoms with E-state index in [1.807, 2.05) is 0 Å². The van der Waals surface area contributed by atoms with E-state index in [0.29, 0.717) is 0 Å². The van der Waals surface area contributed by atoms with Gasteiger partial charge in [-0.05, 0) is 0 Å². The minimum atomic E-state index is -2.05. The van der Waals surface area contributed by atoms with Crippen LogP contribution in [-0.2, 0) is 38.1 Å². The van der Waals surface area contributed by atoms with Crippen molar-refractivity contribution in [2.45, 2.75) is 52.3 Å². The maximum Gasteiger partial charge on any atom is 0.303 e. The van der Waals surface area contributed by atoms with Gasteiger partial charge in [-0.2, -0.15) is 0 Å². The second kappa shape index (κ2) is 8.77. The van der Waals surface area contributed by atoms with Crippen LogP contribution < -0.4 is 0 Å². The molecule has 142 valence electrons. The van der Waals surface area contributed by atoms with E-state index in [-0.39, 0.29) is 6.61 Å². The summed E-state index contributed by atoms with van der Waals surface area (Å²) in [4.78, 5) is 45.3. The Hall–Kier alpha value is -2.20. The first kappa shape index (κ1) is 20.8. The van der Waals surface area contributed by atoms with Crippen LogP contribution in [0.1, 0.15) is 27.7 Å². The minimum Gasteiger partial charge on any atom is -0.465 e. The van der Waals surface area contributed by atoms with Crippen molar-refractivity contribution in [2.75, 3.05) is 6.61 Å². The Kier molecular flexibility index (Phi) is 7.31. The molecule has 1 rings (SSSR count). The van der Waals surface area contributed by atoms with Crippen molar-refractivity contribution in [3.63, 3.8) is 0 Å². The molecule has 0 aromatic carbocycles. The van der Waals surface area contributed by atoms with Gasteiger partial charge in [-0.3, -0.25) is 19.2 Å². The fourth-order valence-electron chi connectivity index (χ4n) is 2.91. The summed E-state index contributed by atoms with van der Waals surface area (Å²) in [6.45, 7) is 4.11. The summed E-state index contributed by atoms with van der Waals surface area (Å²) in [6, 6.07) is 0. The molecular formula is C15H22O10. The number of carbonyl (C=O) groups excluding carboxylic acids is 4. The van der Waals surface area contributed by atoms with Crippen LogP contribution in [0.5, 0.6) is 0 Å². The van der Waals surface area contributed by atoms with Gasteiger partial charge in [0.05, 0.1) is 11.8 Å². The summed E-state index contributed by atoms with van der Waals surface area (Å²) in [5, 5.41) is 19.4. The number of rotatable bonds is 6. The second-order valence-electron chi connectivity index (χ2n) is 5.68. The first-order valence-corrected chi connectivity index (χ1v) is 7.55. The molecular weight excluding hydrogens is 340 g/mol.